The van der Waals surface area contributed by atoms with E-state index in [-0.39, 0.29) is 42.3 Å². The van der Waals surface area contributed by atoms with E-state index in [1.807, 2.05) is 0 Å². The molecule has 2 aliphatic rings. The molecule has 2 fully saturated rings. The molecule has 1 aliphatic carbocycles. The van der Waals surface area contributed by atoms with Gasteiger partial charge in [-0.05, 0) is 42.7 Å². The fraction of sp³-hybridized carbons (Fsp3) is 0.391. The minimum Gasteiger partial charge on any atom is -0.493 e. The van der Waals surface area contributed by atoms with Gasteiger partial charge in [-0.2, -0.15) is 8.78 Å². The monoisotopic (exact) mass is 464 g/mol. The normalized spacial score (nSPS) is 18.2. The first-order valence-corrected chi connectivity index (χ1v) is 10.7. The minimum absolute atomic E-state index is 0.0627. The van der Waals surface area contributed by atoms with Crippen molar-refractivity contribution >= 4 is 29.1 Å². The fourth-order valence-electron chi connectivity index (χ4n) is 3.98. The number of alkyl halides is 2. The number of para-hydroxylation sites is 1. The number of carbonyl (C=O) groups is 2. The maximum atomic E-state index is 13.4. The van der Waals surface area contributed by atoms with Crippen molar-refractivity contribution in [3.8, 4) is 11.5 Å². The summed E-state index contributed by atoms with van der Waals surface area (Å²) in [7, 11) is 1.37. The molecular weight excluding hydrogens is 442 g/mol. The highest BCUT2D eigenvalue weighted by Gasteiger charge is 2.41. The van der Waals surface area contributed by atoms with Gasteiger partial charge in [0.2, 0.25) is 11.8 Å². The second-order valence-electron chi connectivity index (χ2n) is 7.92. The maximum absolute atomic E-state index is 13.4. The molecule has 0 aromatic heterocycles. The third kappa shape index (κ3) is 4.80. The van der Waals surface area contributed by atoms with E-state index in [1.54, 1.807) is 46.2 Å². The number of hydrogen-bond donors (Lipinski definition) is 0. The number of ether oxygens (including phenoxy) is 2. The second kappa shape index (κ2) is 9.32. The molecule has 32 heavy (non-hydrogen) atoms. The summed E-state index contributed by atoms with van der Waals surface area (Å²) < 4.78 is 34.8. The largest absolute Gasteiger partial charge is 0.493 e. The van der Waals surface area contributed by atoms with Crippen LogP contribution >= 0.6 is 11.6 Å². The molecule has 0 spiro atoms. The molecule has 1 saturated heterocycles. The Balaban J connectivity index is 1.50. The first-order chi connectivity index (χ1) is 15.4. The minimum atomic E-state index is -2.96. The quantitative estimate of drug-likeness (QED) is 0.577. The van der Waals surface area contributed by atoms with E-state index in [4.69, 9.17) is 16.3 Å². The Bertz CT molecular complexity index is 1020. The molecule has 0 bridgehead atoms. The predicted molar refractivity (Wildman–Crippen MR) is 115 cm³/mol. The van der Waals surface area contributed by atoms with E-state index in [1.165, 1.54) is 13.2 Å². The van der Waals surface area contributed by atoms with Crippen LogP contribution in [0.1, 0.15) is 24.8 Å². The summed E-state index contributed by atoms with van der Waals surface area (Å²) in [4.78, 5) is 29.3. The van der Waals surface area contributed by atoms with Gasteiger partial charge in [0.15, 0.2) is 11.5 Å². The van der Waals surface area contributed by atoms with Gasteiger partial charge in [-0.25, -0.2) is 0 Å². The third-order valence-electron chi connectivity index (χ3n) is 5.69. The molecule has 1 unspecified atom stereocenters. The molecule has 2 aromatic carbocycles. The van der Waals surface area contributed by atoms with Gasteiger partial charge in [-0.15, -0.1) is 0 Å². The van der Waals surface area contributed by atoms with Crippen LogP contribution in [0.25, 0.3) is 0 Å². The van der Waals surface area contributed by atoms with Crippen molar-refractivity contribution in [3.63, 3.8) is 0 Å². The number of rotatable bonds is 8. The number of hydrogen-bond acceptors (Lipinski definition) is 4. The molecule has 0 radical (unpaired) electrons. The zero-order valence-corrected chi connectivity index (χ0v) is 18.2. The topological polar surface area (TPSA) is 59.1 Å². The van der Waals surface area contributed by atoms with Crippen molar-refractivity contribution in [2.45, 2.75) is 38.5 Å². The molecule has 6 nitrogen and oxygen atoms in total. The third-order valence-corrected chi connectivity index (χ3v) is 6.00. The van der Waals surface area contributed by atoms with Gasteiger partial charge in [0.05, 0.1) is 23.7 Å². The number of amides is 2. The summed E-state index contributed by atoms with van der Waals surface area (Å²) in [6.07, 6.45) is 1.91. The number of methoxy groups -OCH3 is 1. The summed E-state index contributed by atoms with van der Waals surface area (Å²) in [5.41, 5.74) is 1.34. The van der Waals surface area contributed by atoms with Crippen LogP contribution < -0.4 is 14.4 Å². The van der Waals surface area contributed by atoms with Gasteiger partial charge in [0.25, 0.3) is 0 Å². The molecular formula is C23H23ClF2N2O4. The average molecular weight is 465 g/mol. The van der Waals surface area contributed by atoms with Crippen LogP contribution in [0.5, 0.6) is 11.5 Å². The van der Waals surface area contributed by atoms with Gasteiger partial charge in [-0.1, -0.05) is 29.8 Å². The molecule has 1 atom stereocenters. The Labute approximate surface area is 189 Å². The fourth-order valence-corrected chi connectivity index (χ4v) is 4.22. The molecule has 0 N–H and O–H groups in total. The Morgan fingerprint density at radius 1 is 1.22 bits per heavy atom. The SMILES string of the molecule is COc1cc(CN(C(=O)C2CC(=O)N(c3ccccc3Cl)C2)C2CC2)ccc1OC(F)F. The molecule has 2 amide bonds. The highest BCUT2D eigenvalue weighted by Crippen LogP contribution is 2.36. The lowest BCUT2D eigenvalue weighted by molar-refractivity contribution is -0.137. The average Bonchev–Trinajstić information content (AvgIpc) is 3.54. The summed E-state index contributed by atoms with van der Waals surface area (Å²) in [5.74, 6) is -0.591. The van der Waals surface area contributed by atoms with E-state index in [2.05, 4.69) is 4.74 Å². The molecule has 1 heterocycles. The number of nitrogens with zero attached hydrogens (tertiary/aromatic N) is 2. The van der Waals surface area contributed by atoms with Crippen molar-refractivity contribution < 1.29 is 27.8 Å². The molecule has 170 valence electrons. The van der Waals surface area contributed by atoms with Crippen LogP contribution in [0.3, 0.4) is 0 Å². The van der Waals surface area contributed by atoms with Gasteiger partial charge >= 0.3 is 6.61 Å². The standard InChI is InChI=1S/C23H23ClF2N2O4/c1-31-20-10-14(6-9-19(20)32-23(25)26)12-27(16-7-8-16)22(30)15-11-21(29)28(13-15)18-5-3-2-4-17(18)24/h2-6,9-10,15-16,23H,7-8,11-13H2,1H3. The lowest BCUT2D eigenvalue weighted by Gasteiger charge is -2.26. The highest BCUT2D eigenvalue weighted by atomic mass is 35.5. The van der Waals surface area contributed by atoms with Crippen LogP contribution in [-0.2, 0) is 16.1 Å². The predicted octanol–water partition coefficient (Wildman–Crippen LogP) is 4.49. The summed E-state index contributed by atoms with van der Waals surface area (Å²) in [6.45, 7) is -2.39. The Morgan fingerprint density at radius 2 is 1.97 bits per heavy atom. The first-order valence-electron chi connectivity index (χ1n) is 10.3. The van der Waals surface area contributed by atoms with Crippen LogP contribution in [0.15, 0.2) is 42.5 Å². The van der Waals surface area contributed by atoms with E-state index >= 15 is 0 Å². The molecule has 1 aliphatic heterocycles. The van der Waals surface area contributed by atoms with Gasteiger partial charge in [0.1, 0.15) is 0 Å². The van der Waals surface area contributed by atoms with Crippen molar-refractivity contribution in [1.82, 2.24) is 4.90 Å². The summed E-state index contributed by atoms with van der Waals surface area (Å²) >= 11 is 6.24. The molecule has 4 rings (SSSR count). The zero-order valence-electron chi connectivity index (χ0n) is 17.5. The number of anilines is 1. The van der Waals surface area contributed by atoms with E-state index < -0.39 is 12.5 Å². The highest BCUT2D eigenvalue weighted by molar-refractivity contribution is 6.33. The number of benzene rings is 2. The molecule has 9 heteroatoms. The van der Waals surface area contributed by atoms with E-state index in [9.17, 15) is 18.4 Å². The van der Waals surface area contributed by atoms with Crippen molar-refractivity contribution in [2.75, 3.05) is 18.6 Å². The Kier molecular flexibility index (Phi) is 6.50. The Hall–Kier alpha value is -2.87. The second-order valence-corrected chi connectivity index (χ2v) is 8.33. The van der Waals surface area contributed by atoms with Crippen LogP contribution in [0.2, 0.25) is 5.02 Å². The first kappa shape index (κ1) is 22.3. The number of halogens is 3. The lowest BCUT2D eigenvalue weighted by Crippen LogP contribution is -2.38. The van der Waals surface area contributed by atoms with Crippen LogP contribution in [-0.4, -0.2) is 43.0 Å². The van der Waals surface area contributed by atoms with Crippen LogP contribution in [0, 0.1) is 5.92 Å². The zero-order chi connectivity index (χ0) is 22.8. The van der Waals surface area contributed by atoms with Crippen molar-refractivity contribution in [3.05, 3.63) is 53.1 Å². The van der Waals surface area contributed by atoms with E-state index in [0.717, 1.165) is 18.4 Å². The summed E-state index contributed by atoms with van der Waals surface area (Å²) in [6, 6.07) is 11.8. The van der Waals surface area contributed by atoms with Gasteiger partial charge in [0, 0.05) is 25.6 Å². The van der Waals surface area contributed by atoms with Crippen molar-refractivity contribution in [1.29, 1.82) is 0 Å². The smallest absolute Gasteiger partial charge is 0.387 e. The molecule has 2 aromatic rings. The Morgan fingerprint density at radius 3 is 2.62 bits per heavy atom. The number of carbonyl (C=O) groups excluding carboxylic acids is 2. The van der Waals surface area contributed by atoms with Gasteiger partial charge in [-0.3, -0.25) is 9.59 Å². The van der Waals surface area contributed by atoms with Crippen LogP contribution in [0.4, 0.5) is 14.5 Å². The lowest BCUT2D eigenvalue weighted by atomic mass is 10.1. The van der Waals surface area contributed by atoms with Crippen molar-refractivity contribution in [2.24, 2.45) is 5.92 Å². The maximum Gasteiger partial charge on any atom is 0.387 e. The summed E-state index contributed by atoms with van der Waals surface area (Å²) in [5, 5.41) is 0.464. The van der Waals surface area contributed by atoms with E-state index in [0.29, 0.717) is 17.3 Å². The molecule has 1 saturated carbocycles. The van der Waals surface area contributed by atoms with Gasteiger partial charge < -0.3 is 19.3 Å².